The van der Waals surface area contributed by atoms with Crippen molar-refractivity contribution in [3.05, 3.63) is 299 Å². The van der Waals surface area contributed by atoms with Crippen LogP contribution in [0.3, 0.4) is 0 Å². The van der Waals surface area contributed by atoms with E-state index in [1.165, 1.54) is 0 Å². The first kappa shape index (κ1) is 58.9. The summed E-state index contributed by atoms with van der Waals surface area (Å²) in [7, 11) is 0. The van der Waals surface area contributed by atoms with Crippen LogP contribution in [0, 0.1) is 0 Å². The van der Waals surface area contributed by atoms with Crippen molar-refractivity contribution in [3.63, 3.8) is 0 Å². The topological polar surface area (TPSA) is 109 Å². The molecule has 0 amide bonds. The molecule has 0 aliphatic carbocycles. The fourth-order valence-electron chi connectivity index (χ4n) is 10.6. The standard InChI is InChI=1S/C72H74O11/c73-43-62(66-70(79-49-59-35-19-6-20-36-59)72(81-51-61-39-23-8-24-40-61)69(78-48-58-33-17-5-18-34-58)65(83-66)53-75-45-55-27-11-2-12-28-55)41-42-63-67(76-46-56-29-13-3-14-30-56)71(80-50-60-37-21-7-22-38-60)68(77-47-57-31-15-4-16-32-57)64(82-63)52-74-44-54-25-9-1-10-26-54/h1-41,43,63-72H,42,44-53H2/b62-41-/t63-,64+,65+,66-,67-,68-,69-,70-,71+,72-/m0/s1. The molecule has 2 aliphatic rings. The highest BCUT2D eigenvalue weighted by Gasteiger charge is 2.51. The predicted octanol–water partition coefficient (Wildman–Crippen LogP) is 13.0. The van der Waals surface area contributed by atoms with E-state index in [1.807, 2.05) is 249 Å². The van der Waals surface area contributed by atoms with E-state index >= 15 is 0 Å². The van der Waals surface area contributed by atoms with Crippen LogP contribution in [-0.2, 0) is 105 Å². The van der Waals surface area contributed by atoms with Crippen LogP contribution in [0.25, 0.3) is 0 Å². The summed E-state index contributed by atoms with van der Waals surface area (Å²) in [5, 5.41) is 0. The number of ether oxygens (including phenoxy) is 10. The molecule has 2 aliphatic heterocycles. The first-order valence-electron chi connectivity index (χ1n) is 28.8. The van der Waals surface area contributed by atoms with Gasteiger partial charge in [0, 0.05) is 5.57 Å². The van der Waals surface area contributed by atoms with Crippen LogP contribution < -0.4 is 0 Å². The van der Waals surface area contributed by atoms with Gasteiger partial charge in [-0.05, 0) is 50.9 Å². The van der Waals surface area contributed by atoms with E-state index in [2.05, 4.69) is 0 Å². The molecule has 0 unspecified atom stereocenters. The lowest BCUT2D eigenvalue weighted by Gasteiger charge is -2.47. The summed E-state index contributed by atoms with van der Waals surface area (Å²) in [6.07, 6.45) is -4.34. The number of carbonyl (C=O) groups is 1. The summed E-state index contributed by atoms with van der Waals surface area (Å²) in [6.45, 7) is 2.56. The summed E-state index contributed by atoms with van der Waals surface area (Å²) >= 11 is 0. The predicted molar refractivity (Wildman–Crippen MR) is 318 cm³/mol. The Morgan fingerprint density at radius 3 is 0.867 bits per heavy atom. The Morgan fingerprint density at radius 2 is 0.554 bits per heavy atom. The lowest BCUT2D eigenvalue weighted by Crippen LogP contribution is -2.62. The van der Waals surface area contributed by atoms with Crippen molar-refractivity contribution in [1.82, 2.24) is 0 Å². The zero-order chi connectivity index (χ0) is 56.5. The van der Waals surface area contributed by atoms with Gasteiger partial charge in [0.25, 0.3) is 0 Å². The Bertz CT molecular complexity index is 3090. The van der Waals surface area contributed by atoms with Crippen LogP contribution in [0.1, 0.15) is 50.9 Å². The van der Waals surface area contributed by atoms with Gasteiger partial charge in [0.2, 0.25) is 0 Å². The maximum atomic E-state index is 14.2. The van der Waals surface area contributed by atoms with Gasteiger partial charge in [-0.15, -0.1) is 0 Å². The Morgan fingerprint density at radius 1 is 0.301 bits per heavy atom. The van der Waals surface area contributed by atoms with E-state index in [-0.39, 0.29) is 52.7 Å². The van der Waals surface area contributed by atoms with Gasteiger partial charge in [-0.25, -0.2) is 0 Å². The third-order valence-electron chi connectivity index (χ3n) is 14.9. The fourth-order valence-corrected chi connectivity index (χ4v) is 10.6. The monoisotopic (exact) mass is 1110 g/mol. The molecule has 0 aromatic heterocycles. The number of rotatable bonds is 30. The van der Waals surface area contributed by atoms with E-state index in [0.29, 0.717) is 25.4 Å². The molecule has 8 aromatic carbocycles. The number of hydrogen-bond donors (Lipinski definition) is 0. The second kappa shape index (κ2) is 32.0. The summed E-state index contributed by atoms with van der Waals surface area (Å²) in [4.78, 5) is 14.2. The van der Waals surface area contributed by atoms with Crippen LogP contribution in [0.4, 0.5) is 0 Å². The van der Waals surface area contributed by atoms with Crippen molar-refractivity contribution in [2.75, 3.05) is 13.2 Å². The first-order chi connectivity index (χ1) is 41.1. The van der Waals surface area contributed by atoms with E-state index in [1.54, 1.807) is 0 Å². The Labute approximate surface area is 488 Å². The average Bonchev–Trinajstić information content (AvgIpc) is 3.74. The molecule has 428 valence electrons. The van der Waals surface area contributed by atoms with Crippen LogP contribution >= 0.6 is 0 Å². The number of carbonyl (C=O) groups excluding carboxylic acids is 1. The summed E-state index contributed by atoms with van der Waals surface area (Å²) < 4.78 is 69.9. The van der Waals surface area contributed by atoms with Crippen LogP contribution in [0.5, 0.6) is 0 Å². The lowest BCUT2D eigenvalue weighted by molar-refractivity contribution is -0.272. The van der Waals surface area contributed by atoms with Crippen LogP contribution in [-0.4, -0.2) is 80.5 Å². The highest BCUT2D eigenvalue weighted by atomic mass is 16.6. The Balaban J connectivity index is 1.03. The lowest BCUT2D eigenvalue weighted by atomic mass is 9.88. The van der Waals surface area contributed by atoms with Gasteiger partial charge in [-0.2, -0.15) is 0 Å². The molecule has 0 saturated carbocycles. The maximum absolute atomic E-state index is 14.2. The van der Waals surface area contributed by atoms with Gasteiger partial charge in [-0.3, -0.25) is 4.79 Å². The smallest absolute Gasteiger partial charge is 0.148 e. The maximum Gasteiger partial charge on any atom is 0.148 e. The van der Waals surface area contributed by atoms with Crippen molar-refractivity contribution in [2.45, 2.75) is 120 Å². The minimum absolute atomic E-state index is 0.129. The molecule has 2 fully saturated rings. The normalized spacial score (nSPS) is 22.7. The van der Waals surface area contributed by atoms with E-state index < -0.39 is 61.0 Å². The van der Waals surface area contributed by atoms with Gasteiger partial charge in [0.1, 0.15) is 61.2 Å². The number of aldehydes is 1. The largest absolute Gasteiger partial charge is 0.374 e. The number of benzene rings is 8. The second-order valence-electron chi connectivity index (χ2n) is 20.9. The number of hydrogen-bond acceptors (Lipinski definition) is 11. The van der Waals surface area contributed by atoms with Gasteiger partial charge < -0.3 is 47.4 Å². The van der Waals surface area contributed by atoms with Crippen molar-refractivity contribution >= 4 is 6.29 Å². The van der Waals surface area contributed by atoms with Gasteiger partial charge in [0.05, 0.1) is 72.2 Å². The molecule has 0 radical (unpaired) electrons. The molecular weight excluding hydrogens is 1040 g/mol. The molecular formula is C72H74O11. The SMILES string of the molecule is O=C/C(=C/C[C@@H]1O[C@H](COCc2ccccc2)[C@H](OCc2ccccc2)[C@H](OCc2ccccc2)[C@H]1OCc1ccccc1)[C@@H]1O[C@H](COCc2ccccc2)[C@H](OCc2ccccc2)[C@H](OCc2ccccc2)[C@H]1OCc1ccccc1. The summed E-state index contributed by atoms with van der Waals surface area (Å²) in [6, 6.07) is 80.3. The van der Waals surface area contributed by atoms with E-state index in [4.69, 9.17) is 47.4 Å². The van der Waals surface area contributed by atoms with E-state index in [0.717, 1.165) is 50.8 Å². The highest BCUT2D eigenvalue weighted by molar-refractivity contribution is 5.75. The third-order valence-corrected chi connectivity index (χ3v) is 14.9. The molecule has 0 spiro atoms. The molecule has 83 heavy (non-hydrogen) atoms. The fraction of sp³-hybridized carbons (Fsp3) is 0.292. The molecule has 8 aromatic rings. The minimum atomic E-state index is -0.955. The second-order valence-corrected chi connectivity index (χ2v) is 20.9. The first-order valence-corrected chi connectivity index (χ1v) is 28.8. The van der Waals surface area contributed by atoms with Crippen molar-refractivity contribution < 1.29 is 52.2 Å². The molecule has 10 rings (SSSR count). The molecule has 2 saturated heterocycles. The Kier molecular flexibility index (Phi) is 22.7. The molecule has 2 heterocycles. The van der Waals surface area contributed by atoms with Gasteiger partial charge >= 0.3 is 0 Å². The van der Waals surface area contributed by atoms with Gasteiger partial charge in [-0.1, -0.05) is 249 Å². The molecule has 0 bridgehead atoms. The molecule has 11 nitrogen and oxygen atoms in total. The average molecular weight is 1120 g/mol. The quantitative estimate of drug-likeness (QED) is 0.0317. The minimum Gasteiger partial charge on any atom is -0.374 e. The highest BCUT2D eigenvalue weighted by Crippen LogP contribution is 2.37. The Hall–Kier alpha value is -7.23. The van der Waals surface area contributed by atoms with Crippen molar-refractivity contribution in [1.29, 1.82) is 0 Å². The summed E-state index contributed by atoms with van der Waals surface area (Å²) in [5.74, 6) is 0. The molecule has 11 heteroatoms. The van der Waals surface area contributed by atoms with E-state index in [9.17, 15) is 4.79 Å². The van der Waals surface area contributed by atoms with Crippen molar-refractivity contribution in [3.8, 4) is 0 Å². The van der Waals surface area contributed by atoms with Gasteiger partial charge in [0.15, 0.2) is 0 Å². The summed E-state index contributed by atoms with van der Waals surface area (Å²) in [5.41, 5.74) is 8.25. The van der Waals surface area contributed by atoms with Crippen LogP contribution in [0.15, 0.2) is 254 Å². The van der Waals surface area contributed by atoms with Crippen LogP contribution in [0.2, 0.25) is 0 Å². The zero-order valence-corrected chi connectivity index (χ0v) is 46.8. The third kappa shape index (κ3) is 17.7. The zero-order valence-electron chi connectivity index (χ0n) is 46.8. The van der Waals surface area contributed by atoms with Crippen molar-refractivity contribution in [2.24, 2.45) is 0 Å². The molecule has 0 N–H and O–H groups in total. The molecule has 10 atom stereocenters.